The van der Waals surface area contributed by atoms with E-state index >= 15 is 0 Å². The summed E-state index contributed by atoms with van der Waals surface area (Å²) in [5.41, 5.74) is 3.92. The molecule has 128 valence electrons. The second-order valence-corrected chi connectivity index (χ2v) is 6.89. The van der Waals surface area contributed by atoms with Crippen molar-refractivity contribution in [1.82, 2.24) is 15.0 Å². The van der Waals surface area contributed by atoms with Gasteiger partial charge in [0.15, 0.2) is 0 Å². The van der Waals surface area contributed by atoms with Gasteiger partial charge in [-0.25, -0.2) is 15.0 Å². The Hall–Kier alpha value is -2.68. The zero-order valence-electron chi connectivity index (χ0n) is 14.7. The van der Waals surface area contributed by atoms with E-state index in [4.69, 9.17) is 0 Å². The van der Waals surface area contributed by atoms with Gasteiger partial charge in [-0.3, -0.25) is 0 Å². The molecule has 25 heavy (non-hydrogen) atoms. The van der Waals surface area contributed by atoms with Gasteiger partial charge in [-0.15, -0.1) is 0 Å². The summed E-state index contributed by atoms with van der Waals surface area (Å²) in [6.45, 7) is 5.56. The number of rotatable bonds is 3. The van der Waals surface area contributed by atoms with E-state index in [1.807, 2.05) is 26.0 Å². The summed E-state index contributed by atoms with van der Waals surface area (Å²) in [5, 5.41) is 13.0. The number of anilines is 2. The average molecular weight is 334 g/mol. The van der Waals surface area contributed by atoms with Crippen molar-refractivity contribution in [1.29, 1.82) is 5.26 Å². The van der Waals surface area contributed by atoms with Crippen LogP contribution in [0.2, 0.25) is 0 Å². The zero-order chi connectivity index (χ0) is 17.4. The summed E-state index contributed by atoms with van der Waals surface area (Å²) in [4.78, 5) is 16.2. The fourth-order valence-corrected chi connectivity index (χ4v) is 3.35. The fraction of sp³-hybridized carbons (Fsp3) is 0.474. The molecule has 3 heterocycles. The van der Waals surface area contributed by atoms with Gasteiger partial charge in [0.05, 0.1) is 11.3 Å². The number of nitriles is 1. The van der Waals surface area contributed by atoms with E-state index in [0.29, 0.717) is 11.6 Å². The van der Waals surface area contributed by atoms with Crippen molar-refractivity contribution in [3.8, 4) is 6.07 Å². The molecule has 6 heteroatoms. The van der Waals surface area contributed by atoms with E-state index in [1.54, 1.807) is 0 Å². The van der Waals surface area contributed by atoms with Gasteiger partial charge in [0, 0.05) is 36.8 Å². The summed E-state index contributed by atoms with van der Waals surface area (Å²) in [6, 6.07) is 6.59. The first-order valence-corrected chi connectivity index (χ1v) is 8.89. The number of fused-ring (bicyclic) bond motifs is 1. The molecule has 0 saturated heterocycles. The van der Waals surface area contributed by atoms with Crippen LogP contribution in [0.4, 0.5) is 11.6 Å². The molecule has 0 amide bonds. The minimum atomic E-state index is 0.571. The Morgan fingerprint density at radius 2 is 1.92 bits per heavy atom. The third-order valence-corrected chi connectivity index (χ3v) is 4.81. The minimum absolute atomic E-state index is 0.571. The molecule has 2 aromatic heterocycles. The number of aromatic nitrogens is 3. The highest BCUT2D eigenvalue weighted by Crippen LogP contribution is 2.29. The predicted octanol–water partition coefficient (Wildman–Crippen LogP) is 2.54. The number of pyridine rings is 1. The molecule has 6 nitrogen and oxygen atoms in total. The van der Waals surface area contributed by atoms with E-state index in [9.17, 15) is 5.26 Å². The lowest BCUT2D eigenvalue weighted by Gasteiger charge is -2.22. The molecule has 0 unspecified atom stereocenters. The molecule has 0 bridgehead atoms. The molecule has 1 aliphatic heterocycles. The first-order valence-electron chi connectivity index (χ1n) is 8.89. The zero-order valence-corrected chi connectivity index (χ0v) is 14.7. The number of nitrogens with one attached hydrogen (secondary N) is 1. The van der Waals surface area contributed by atoms with Crippen molar-refractivity contribution in [2.24, 2.45) is 0 Å². The van der Waals surface area contributed by atoms with E-state index in [1.165, 1.54) is 18.4 Å². The maximum atomic E-state index is 9.42. The lowest BCUT2D eigenvalue weighted by molar-refractivity contribution is 0.783. The Labute approximate surface area is 147 Å². The largest absolute Gasteiger partial charge is 0.367 e. The molecule has 0 atom stereocenters. The standard InChI is InChI=1S/C19H22N6/c1-12-3-4-14(11-20)19(21-12)25-9-7-16-17(8-10-25)22-13(2)23-18(16)24-15-5-6-15/h3-4,15H,5-10H2,1-2H3,(H,22,23,24). The first kappa shape index (κ1) is 15.8. The normalized spacial score (nSPS) is 16.8. The minimum Gasteiger partial charge on any atom is -0.367 e. The summed E-state index contributed by atoms with van der Waals surface area (Å²) in [5.74, 6) is 2.61. The Morgan fingerprint density at radius 1 is 1.12 bits per heavy atom. The highest BCUT2D eigenvalue weighted by molar-refractivity contribution is 5.56. The third kappa shape index (κ3) is 3.27. The van der Waals surface area contributed by atoms with Gasteiger partial charge in [0.25, 0.3) is 0 Å². The van der Waals surface area contributed by atoms with Crippen LogP contribution in [-0.2, 0) is 12.8 Å². The van der Waals surface area contributed by atoms with Crippen LogP contribution in [0.5, 0.6) is 0 Å². The lowest BCUT2D eigenvalue weighted by atomic mass is 10.1. The third-order valence-electron chi connectivity index (χ3n) is 4.81. The van der Waals surface area contributed by atoms with Gasteiger partial charge in [-0.1, -0.05) is 0 Å². The summed E-state index contributed by atoms with van der Waals surface area (Å²) in [7, 11) is 0. The first-order chi connectivity index (χ1) is 12.1. The van der Waals surface area contributed by atoms with Gasteiger partial charge in [0.2, 0.25) is 0 Å². The highest BCUT2D eigenvalue weighted by atomic mass is 15.2. The van der Waals surface area contributed by atoms with Crippen molar-refractivity contribution in [2.75, 3.05) is 23.3 Å². The molecule has 1 saturated carbocycles. The molecule has 1 aliphatic carbocycles. The van der Waals surface area contributed by atoms with E-state index in [0.717, 1.165) is 54.8 Å². The molecular formula is C19H22N6. The van der Waals surface area contributed by atoms with E-state index in [-0.39, 0.29) is 0 Å². The maximum Gasteiger partial charge on any atom is 0.146 e. The van der Waals surface area contributed by atoms with E-state index < -0.39 is 0 Å². The molecule has 1 N–H and O–H groups in total. The monoisotopic (exact) mass is 334 g/mol. The second kappa shape index (κ2) is 6.32. The lowest BCUT2D eigenvalue weighted by Crippen LogP contribution is -2.28. The molecule has 2 aliphatic rings. The van der Waals surface area contributed by atoms with Crippen LogP contribution in [0, 0.1) is 25.2 Å². The molecular weight excluding hydrogens is 312 g/mol. The van der Waals surface area contributed by atoms with Crippen molar-refractivity contribution in [3.05, 3.63) is 40.5 Å². The van der Waals surface area contributed by atoms with Crippen molar-refractivity contribution in [3.63, 3.8) is 0 Å². The molecule has 0 spiro atoms. The van der Waals surface area contributed by atoms with Crippen LogP contribution >= 0.6 is 0 Å². The second-order valence-electron chi connectivity index (χ2n) is 6.89. The molecule has 0 aromatic carbocycles. The number of hydrogen-bond acceptors (Lipinski definition) is 6. The average Bonchev–Trinajstić information content (AvgIpc) is 3.41. The van der Waals surface area contributed by atoms with Crippen LogP contribution in [0.25, 0.3) is 0 Å². The maximum absolute atomic E-state index is 9.42. The SMILES string of the molecule is Cc1ccc(C#N)c(N2CCc3nc(C)nc(NC4CC4)c3CC2)n1. The van der Waals surface area contributed by atoms with Crippen molar-refractivity contribution in [2.45, 2.75) is 45.6 Å². The van der Waals surface area contributed by atoms with Crippen LogP contribution in [0.3, 0.4) is 0 Å². The predicted molar refractivity (Wildman–Crippen MR) is 96.7 cm³/mol. The van der Waals surface area contributed by atoms with Gasteiger partial charge in [-0.05, 0) is 45.2 Å². The van der Waals surface area contributed by atoms with Gasteiger partial charge < -0.3 is 10.2 Å². The topological polar surface area (TPSA) is 77.7 Å². The summed E-state index contributed by atoms with van der Waals surface area (Å²) < 4.78 is 0. The smallest absolute Gasteiger partial charge is 0.146 e. The van der Waals surface area contributed by atoms with Crippen LogP contribution in [0.15, 0.2) is 12.1 Å². The van der Waals surface area contributed by atoms with Gasteiger partial charge in [0.1, 0.15) is 23.5 Å². The van der Waals surface area contributed by atoms with Crippen LogP contribution in [-0.4, -0.2) is 34.1 Å². The van der Waals surface area contributed by atoms with Crippen molar-refractivity contribution < 1.29 is 0 Å². The Morgan fingerprint density at radius 3 is 2.68 bits per heavy atom. The van der Waals surface area contributed by atoms with Gasteiger partial charge in [-0.2, -0.15) is 5.26 Å². The van der Waals surface area contributed by atoms with Crippen molar-refractivity contribution >= 4 is 11.6 Å². The Balaban J connectivity index is 1.64. The number of aryl methyl sites for hydroxylation is 2. The molecule has 1 fully saturated rings. The number of nitrogens with zero attached hydrogens (tertiary/aromatic N) is 5. The van der Waals surface area contributed by atoms with E-state index in [2.05, 4.69) is 31.2 Å². The van der Waals surface area contributed by atoms with Gasteiger partial charge >= 0.3 is 0 Å². The summed E-state index contributed by atoms with van der Waals surface area (Å²) >= 11 is 0. The van der Waals surface area contributed by atoms with Crippen LogP contribution < -0.4 is 10.2 Å². The summed E-state index contributed by atoms with van der Waals surface area (Å²) in [6.07, 6.45) is 4.16. The Bertz CT molecular complexity index is 850. The highest BCUT2D eigenvalue weighted by Gasteiger charge is 2.26. The quantitative estimate of drug-likeness (QED) is 0.929. The Kier molecular flexibility index (Phi) is 4.00. The number of hydrogen-bond donors (Lipinski definition) is 1. The molecule has 4 rings (SSSR count). The van der Waals surface area contributed by atoms with Crippen LogP contribution in [0.1, 0.15) is 41.2 Å². The fourth-order valence-electron chi connectivity index (χ4n) is 3.35. The molecule has 0 radical (unpaired) electrons. The molecule has 2 aromatic rings.